The summed E-state index contributed by atoms with van der Waals surface area (Å²) >= 11 is 5.67. The number of nitrogens with zero attached hydrogens (tertiary/aromatic N) is 6. The van der Waals surface area contributed by atoms with E-state index < -0.39 is 0 Å². The Morgan fingerprint density at radius 1 is 1.06 bits per heavy atom. The molecule has 1 saturated heterocycles. The molecule has 1 fully saturated rings. The van der Waals surface area contributed by atoms with E-state index in [0.717, 1.165) is 61.6 Å². The Hall–Kier alpha value is -3.11. The SMILES string of the molecule is CCn1ncc(Cn2cc(NC(=S)N3CCN(Cc4ccc5c(c4)OCO5)CC3)cn2)c1C. The number of piperazine rings is 1. The lowest BCUT2D eigenvalue weighted by molar-refractivity contribution is 0.173. The van der Waals surface area contributed by atoms with Crippen LogP contribution < -0.4 is 14.8 Å². The largest absolute Gasteiger partial charge is 0.454 e. The zero-order valence-corrected chi connectivity index (χ0v) is 19.8. The van der Waals surface area contributed by atoms with Gasteiger partial charge in [0.15, 0.2) is 16.6 Å². The summed E-state index contributed by atoms with van der Waals surface area (Å²) in [6.45, 7) is 10.6. The van der Waals surface area contributed by atoms with Crippen LogP contribution in [0.1, 0.15) is 23.7 Å². The van der Waals surface area contributed by atoms with E-state index in [-0.39, 0.29) is 0 Å². The van der Waals surface area contributed by atoms with Crippen molar-refractivity contribution in [2.45, 2.75) is 33.5 Å². The van der Waals surface area contributed by atoms with Crippen molar-refractivity contribution >= 4 is 23.0 Å². The fourth-order valence-corrected chi connectivity index (χ4v) is 4.56. The van der Waals surface area contributed by atoms with E-state index in [1.165, 1.54) is 16.8 Å². The lowest BCUT2D eigenvalue weighted by Crippen LogP contribution is -2.49. The van der Waals surface area contributed by atoms with E-state index in [0.29, 0.717) is 13.3 Å². The minimum absolute atomic E-state index is 0.310. The Bertz CT molecular complexity index is 1130. The fraction of sp³-hybridized carbons (Fsp3) is 0.435. The van der Waals surface area contributed by atoms with E-state index in [1.807, 2.05) is 34.0 Å². The van der Waals surface area contributed by atoms with E-state index in [1.54, 1.807) is 0 Å². The highest BCUT2D eigenvalue weighted by molar-refractivity contribution is 7.80. The molecule has 0 amide bonds. The van der Waals surface area contributed by atoms with Crippen LogP contribution in [0, 0.1) is 6.92 Å². The Morgan fingerprint density at radius 3 is 2.67 bits per heavy atom. The van der Waals surface area contributed by atoms with Crippen LogP contribution in [0.2, 0.25) is 0 Å². The van der Waals surface area contributed by atoms with Crippen LogP contribution in [0.15, 0.2) is 36.8 Å². The van der Waals surface area contributed by atoms with Crippen LogP contribution in [0.3, 0.4) is 0 Å². The Morgan fingerprint density at radius 2 is 1.88 bits per heavy atom. The minimum Gasteiger partial charge on any atom is -0.454 e. The van der Waals surface area contributed by atoms with Crippen LogP contribution in [0.4, 0.5) is 5.69 Å². The number of benzene rings is 1. The summed E-state index contributed by atoms with van der Waals surface area (Å²) < 4.78 is 14.8. The van der Waals surface area contributed by atoms with Crippen LogP contribution in [-0.2, 0) is 19.6 Å². The zero-order chi connectivity index (χ0) is 22.8. The molecular weight excluding hydrogens is 438 g/mol. The van der Waals surface area contributed by atoms with Gasteiger partial charge >= 0.3 is 0 Å². The first-order valence-electron chi connectivity index (χ1n) is 11.3. The van der Waals surface area contributed by atoms with E-state index in [2.05, 4.69) is 51.3 Å². The average Bonchev–Trinajstić information content (AvgIpc) is 3.55. The number of anilines is 1. The number of nitrogens with one attached hydrogen (secondary N) is 1. The molecule has 2 aliphatic heterocycles. The predicted octanol–water partition coefficient (Wildman–Crippen LogP) is 2.70. The molecule has 5 rings (SSSR count). The molecule has 1 N–H and O–H groups in total. The highest BCUT2D eigenvalue weighted by Crippen LogP contribution is 2.32. The maximum Gasteiger partial charge on any atom is 0.231 e. The van der Waals surface area contributed by atoms with Crippen LogP contribution >= 0.6 is 12.2 Å². The molecule has 9 nitrogen and oxygen atoms in total. The third kappa shape index (κ3) is 4.81. The van der Waals surface area contributed by atoms with Crippen molar-refractivity contribution in [2.24, 2.45) is 0 Å². The van der Waals surface area contributed by atoms with Gasteiger partial charge in [0.2, 0.25) is 6.79 Å². The normalized spacial score (nSPS) is 15.8. The van der Waals surface area contributed by atoms with Crippen molar-refractivity contribution in [3.63, 3.8) is 0 Å². The van der Waals surface area contributed by atoms with Gasteiger partial charge in [-0.3, -0.25) is 14.3 Å². The topological polar surface area (TPSA) is 72.6 Å². The van der Waals surface area contributed by atoms with Gasteiger partial charge in [-0.1, -0.05) is 6.07 Å². The highest BCUT2D eigenvalue weighted by atomic mass is 32.1. The monoisotopic (exact) mass is 467 g/mol. The number of aryl methyl sites for hydroxylation is 1. The molecule has 3 aromatic rings. The van der Waals surface area contributed by atoms with Crippen molar-refractivity contribution in [1.82, 2.24) is 29.4 Å². The van der Waals surface area contributed by atoms with E-state index in [9.17, 15) is 0 Å². The quantitative estimate of drug-likeness (QED) is 0.555. The second kappa shape index (κ2) is 9.40. The standard InChI is InChI=1S/C23H29N7O2S/c1-3-30-17(2)19(11-25-30)14-29-15-20(12-24-29)26-23(33)28-8-6-27(7-9-28)13-18-4-5-21-22(10-18)32-16-31-21/h4-5,10-12,15H,3,6-9,13-14,16H2,1-2H3,(H,26,33). The summed E-state index contributed by atoms with van der Waals surface area (Å²) in [5, 5.41) is 13.0. The number of hydrogen-bond acceptors (Lipinski definition) is 6. The van der Waals surface area contributed by atoms with E-state index >= 15 is 0 Å². The number of rotatable bonds is 6. The Balaban J connectivity index is 1.11. The summed E-state index contributed by atoms with van der Waals surface area (Å²) in [6.07, 6.45) is 5.73. The van der Waals surface area contributed by atoms with Gasteiger partial charge in [-0.25, -0.2) is 0 Å². The molecule has 33 heavy (non-hydrogen) atoms. The second-order valence-corrected chi connectivity index (χ2v) is 8.77. The smallest absolute Gasteiger partial charge is 0.231 e. The number of ether oxygens (including phenoxy) is 2. The maximum absolute atomic E-state index is 5.67. The second-order valence-electron chi connectivity index (χ2n) is 8.38. The average molecular weight is 468 g/mol. The molecular formula is C23H29N7O2S. The van der Waals surface area contributed by atoms with Crippen molar-refractivity contribution in [1.29, 1.82) is 0 Å². The molecule has 0 spiro atoms. The minimum atomic E-state index is 0.310. The molecule has 174 valence electrons. The summed E-state index contributed by atoms with van der Waals surface area (Å²) in [5.74, 6) is 1.67. The van der Waals surface area contributed by atoms with Gasteiger partial charge in [-0.2, -0.15) is 10.2 Å². The van der Waals surface area contributed by atoms with Gasteiger partial charge in [0.25, 0.3) is 0 Å². The summed E-state index contributed by atoms with van der Waals surface area (Å²) in [5.41, 5.74) is 4.49. The first kappa shape index (κ1) is 21.7. The number of thiocarbonyl (C=S) groups is 1. The van der Waals surface area contributed by atoms with Crippen LogP contribution in [0.5, 0.6) is 11.5 Å². The molecule has 2 aromatic heterocycles. The highest BCUT2D eigenvalue weighted by Gasteiger charge is 2.21. The molecule has 0 unspecified atom stereocenters. The summed E-state index contributed by atoms with van der Waals surface area (Å²) in [4.78, 5) is 4.66. The van der Waals surface area contributed by atoms with Gasteiger partial charge < -0.3 is 19.7 Å². The lowest BCUT2D eigenvalue weighted by atomic mass is 10.1. The zero-order valence-electron chi connectivity index (χ0n) is 19.0. The predicted molar refractivity (Wildman–Crippen MR) is 130 cm³/mol. The lowest BCUT2D eigenvalue weighted by Gasteiger charge is -2.36. The molecule has 0 aliphatic carbocycles. The summed E-state index contributed by atoms with van der Waals surface area (Å²) in [7, 11) is 0. The third-order valence-electron chi connectivity index (χ3n) is 6.22. The van der Waals surface area contributed by atoms with E-state index in [4.69, 9.17) is 21.7 Å². The maximum atomic E-state index is 5.67. The Labute approximate surface area is 198 Å². The molecule has 0 bridgehead atoms. The molecule has 4 heterocycles. The molecule has 10 heteroatoms. The fourth-order valence-electron chi connectivity index (χ4n) is 4.26. The number of fused-ring (bicyclic) bond motifs is 1. The first-order chi connectivity index (χ1) is 16.1. The van der Waals surface area contributed by atoms with Crippen LogP contribution in [0.25, 0.3) is 0 Å². The van der Waals surface area contributed by atoms with Gasteiger partial charge in [-0.15, -0.1) is 0 Å². The summed E-state index contributed by atoms with van der Waals surface area (Å²) in [6, 6.07) is 6.18. The molecule has 0 radical (unpaired) electrons. The molecule has 0 saturated carbocycles. The van der Waals surface area contributed by atoms with Crippen molar-refractivity contribution < 1.29 is 9.47 Å². The Kier molecular flexibility index (Phi) is 6.19. The van der Waals surface area contributed by atoms with Crippen molar-refractivity contribution in [2.75, 3.05) is 38.3 Å². The van der Waals surface area contributed by atoms with Gasteiger partial charge in [0.05, 0.1) is 24.6 Å². The first-order valence-corrected chi connectivity index (χ1v) is 11.7. The number of hydrogen-bond donors (Lipinski definition) is 1. The molecule has 0 atom stereocenters. The molecule has 1 aromatic carbocycles. The third-order valence-corrected chi connectivity index (χ3v) is 6.58. The van der Waals surface area contributed by atoms with Gasteiger partial charge in [0, 0.05) is 56.7 Å². The van der Waals surface area contributed by atoms with Gasteiger partial charge in [-0.05, 0) is 43.8 Å². The molecule has 2 aliphatic rings. The number of aromatic nitrogens is 4. The van der Waals surface area contributed by atoms with Gasteiger partial charge in [0.1, 0.15) is 0 Å². The van der Waals surface area contributed by atoms with Crippen molar-refractivity contribution in [3.05, 3.63) is 53.6 Å². The van der Waals surface area contributed by atoms with Crippen LogP contribution in [-0.4, -0.2) is 67.4 Å². The van der Waals surface area contributed by atoms with Crippen molar-refractivity contribution in [3.8, 4) is 11.5 Å².